The molecule has 0 amide bonds. The van der Waals surface area contributed by atoms with Gasteiger partial charge in [-0.25, -0.2) is 9.67 Å². The van der Waals surface area contributed by atoms with Crippen LogP contribution in [0.15, 0.2) is 85.7 Å². The summed E-state index contributed by atoms with van der Waals surface area (Å²) >= 11 is 0. The lowest BCUT2D eigenvalue weighted by molar-refractivity contribution is 0.306. The largest absolute Gasteiger partial charge is 0.489 e. The minimum atomic E-state index is 0.238. The average Bonchev–Trinajstić information content (AvgIpc) is 3.33. The smallest absolute Gasteiger partial charge is 0.138 e. The number of pyridine rings is 1. The second kappa shape index (κ2) is 9.12. The highest BCUT2D eigenvalue weighted by Gasteiger charge is 2.06. The zero-order valence-electron chi connectivity index (χ0n) is 16.3. The van der Waals surface area contributed by atoms with Crippen LogP contribution >= 0.6 is 0 Å². The van der Waals surface area contributed by atoms with Gasteiger partial charge in [0.15, 0.2) is 0 Å². The molecule has 0 fully saturated rings. The number of hydrogen-bond acceptors (Lipinski definition) is 5. The van der Waals surface area contributed by atoms with Crippen molar-refractivity contribution in [3.63, 3.8) is 0 Å². The molecule has 6 nitrogen and oxygen atoms in total. The van der Waals surface area contributed by atoms with Crippen LogP contribution in [0.3, 0.4) is 0 Å². The lowest BCUT2D eigenvalue weighted by atomic mass is 10.1. The summed E-state index contributed by atoms with van der Waals surface area (Å²) in [7, 11) is 0. The second-order valence-corrected chi connectivity index (χ2v) is 6.82. The van der Waals surface area contributed by atoms with Crippen molar-refractivity contribution in [3.05, 3.63) is 102 Å². The van der Waals surface area contributed by atoms with Gasteiger partial charge < -0.3 is 10.1 Å². The predicted octanol–water partition coefficient (Wildman–Crippen LogP) is 4.09. The molecule has 1 unspecified atom stereocenters. The van der Waals surface area contributed by atoms with Gasteiger partial charge in [-0.2, -0.15) is 5.10 Å². The Morgan fingerprint density at radius 2 is 1.66 bits per heavy atom. The van der Waals surface area contributed by atoms with Gasteiger partial charge in [0, 0.05) is 25.0 Å². The molecule has 2 heterocycles. The summed E-state index contributed by atoms with van der Waals surface area (Å²) in [6.07, 6.45) is 6.78. The summed E-state index contributed by atoms with van der Waals surface area (Å²) in [5, 5.41) is 7.72. The van der Waals surface area contributed by atoms with Crippen LogP contribution in [-0.2, 0) is 13.2 Å². The zero-order valence-corrected chi connectivity index (χ0v) is 16.3. The van der Waals surface area contributed by atoms with Crippen LogP contribution in [0.5, 0.6) is 5.75 Å². The molecule has 0 aliphatic rings. The standard InChI is InChI=1S/C23H23N5O/c1-18(21-4-6-22(7-5-21)28-17-25-16-27-28)26-14-19-2-8-23(9-3-19)29-15-20-10-12-24-13-11-20/h2-13,16-18,26H,14-15H2,1H3. The van der Waals surface area contributed by atoms with Gasteiger partial charge in [-0.05, 0) is 60.0 Å². The van der Waals surface area contributed by atoms with E-state index in [0.29, 0.717) is 6.61 Å². The fourth-order valence-corrected chi connectivity index (χ4v) is 3.00. The molecule has 146 valence electrons. The zero-order chi connectivity index (χ0) is 19.9. The Bertz CT molecular complexity index is 1000. The van der Waals surface area contributed by atoms with Crippen molar-refractivity contribution in [1.82, 2.24) is 25.1 Å². The Labute approximate surface area is 170 Å². The van der Waals surface area contributed by atoms with Crippen LogP contribution in [-0.4, -0.2) is 19.7 Å². The van der Waals surface area contributed by atoms with Gasteiger partial charge in [0.1, 0.15) is 25.0 Å². The summed E-state index contributed by atoms with van der Waals surface area (Å²) in [6.45, 7) is 3.50. The van der Waals surface area contributed by atoms with E-state index in [1.54, 1.807) is 23.4 Å². The molecule has 0 saturated carbocycles. The maximum atomic E-state index is 5.82. The Morgan fingerprint density at radius 1 is 0.897 bits per heavy atom. The highest BCUT2D eigenvalue weighted by atomic mass is 16.5. The van der Waals surface area contributed by atoms with Crippen LogP contribution in [0.1, 0.15) is 29.7 Å². The van der Waals surface area contributed by atoms with E-state index >= 15 is 0 Å². The fraction of sp³-hybridized carbons (Fsp3) is 0.174. The summed E-state index contributed by atoms with van der Waals surface area (Å²) in [5.41, 5.74) is 4.55. The molecule has 2 aromatic heterocycles. The van der Waals surface area contributed by atoms with Gasteiger partial charge in [0.25, 0.3) is 0 Å². The highest BCUT2D eigenvalue weighted by Crippen LogP contribution is 2.17. The summed E-state index contributed by atoms with van der Waals surface area (Å²) in [6, 6.07) is 20.7. The van der Waals surface area contributed by atoms with Gasteiger partial charge in [-0.15, -0.1) is 0 Å². The second-order valence-electron chi connectivity index (χ2n) is 6.82. The molecule has 29 heavy (non-hydrogen) atoms. The Morgan fingerprint density at radius 3 is 2.34 bits per heavy atom. The van der Waals surface area contributed by atoms with E-state index < -0.39 is 0 Å². The molecule has 1 N–H and O–H groups in total. The first-order valence-electron chi connectivity index (χ1n) is 9.57. The molecule has 0 aliphatic carbocycles. The monoisotopic (exact) mass is 385 g/mol. The SMILES string of the molecule is CC(NCc1ccc(OCc2ccncc2)cc1)c1ccc(-n2cncn2)cc1. The number of aromatic nitrogens is 4. The van der Waals surface area contributed by atoms with Crippen molar-refractivity contribution in [2.24, 2.45) is 0 Å². The quantitative estimate of drug-likeness (QED) is 0.495. The lowest BCUT2D eigenvalue weighted by Gasteiger charge is -2.15. The molecule has 0 aliphatic heterocycles. The lowest BCUT2D eigenvalue weighted by Crippen LogP contribution is -2.18. The van der Waals surface area contributed by atoms with E-state index in [1.165, 1.54) is 17.5 Å². The molecule has 4 aromatic rings. The maximum Gasteiger partial charge on any atom is 0.138 e. The van der Waals surface area contributed by atoms with Gasteiger partial charge in [-0.3, -0.25) is 4.98 Å². The van der Waals surface area contributed by atoms with Crippen LogP contribution < -0.4 is 10.1 Å². The fourth-order valence-electron chi connectivity index (χ4n) is 3.00. The molecule has 0 saturated heterocycles. The predicted molar refractivity (Wildman–Crippen MR) is 112 cm³/mol. The third-order valence-corrected chi connectivity index (χ3v) is 4.77. The van der Waals surface area contributed by atoms with Crippen LogP contribution in [0.25, 0.3) is 5.69 Å². The number of nitrogens with one attached hydrogen (secondary N) is 1. The van der Waals surface area contributed by atoms with E-state index in [0.717, 1.165) is 23.5 Å². The van der Waals surface area contributed by atoms with Crippen molar-refractivity contribution in [1.29, 1.82) is 0 Å². The Balaban J connectivity index is 1.28. The minimum absolute atomic E-state index is 0.238. The molecule has 0 radical (unpaired) electrons. The number of hydrogen-bond donors (Lipinski definition) is 1. The van der Waals surface area contributed by atoms with Crippen molar-refractivity contribution < 1.29 is 4.74 Å². The molecule has 1 atom stereocenters. The average molecular weight is 385 g/mol. The summed E-state index contributed by atoms with van der Waals surface area (Å²) in [5.74, 6) is 0.863. The third kappa shape index (κ3) is 5.06. The van der Waals surface area contributed by atoms with Gasteiger partial charge >= 0.3 is 0 Å². The van der Waals surface area contributed by atoms with E-state index in [1.807, 2.05) is 24.3 Å². The molecule has 6 heteroatoms. The van der Waals surface area contributed by atoms with E-state index in [-0.39, 0.29) is 6.04 Å². The van der Waals surface area contributed by atoms with Crippen LogP contribution in [0.4, 0.5) is 0 Å². The van der Waals surface area contributed by atoms with Crippen molar-refractivity contribution in [2.45, 2.75) is 26.1 Å². The maximum absolute atomic E-state index is 5.82. The normalized spacial score (nSPS) is 11.9. The van der Waals surface area contributed by atoms with Crippen LogP contribution in [0, 0.1) is 0 Å². The van der Waals surface area contributed by atoms with Crippen molar-refractivity contribution in [2.75, 3.05) is 0 Å². The Kier molecular flexibility index (Phi) is 5.92. The first kappa shape index (κ1) is 18.8. The van der Waals surface area contributed by atoms with Crippen LogP contribution in [0.2, 0.25) is 0 Å². The topological polar surface area (TPSA) is 64.9 Å². The van der Waals surface area contributed by atoms with Crippen molar-refractivity contribution >= 4 is 0 Å². The number of ether oxygens (including phenoxy) is 1. The highest BCUT2D eigenvalue weighted by molar-refractivity contribution is 5.34. The van der Waals surface area contributed by atoms with E-state index in [2.05, 4.69) is 63.7 Å². The minimum Gasteiger partial charge on any atom is -0.489 e. The summed E-state index contributed by atoms with van der Waals surface area (Å²) in [4.78, 5) is 8.00. The first-order valence-corrected chi connectivity index (χ1v) is 9.57. The van der Waals surface area contributed by atoms with E-state index in [9.17, 15) is 0 Å². The number of nitrogens with zero attached hydrogens (tertiary/aromatic N) is 4. The Hall–Kier alpha value is -3.51. The van der Waals surface area contributed by atoms with Crippen molar-refractivity contribution in [3.8, 4) is 11.4 Å². The molecular weight excluding hydrogens is 362 g/mol. The third-order valence-electron chi connectivity index (χ3n) is 4.77. The van der Waals surface area contributed by atoms with Gasteiger partial charge in [0.05, 0.1) is 5.69 Å². The van der Waals surface area contributed by atoms with E-state index in [4.69, 9.17) is 4.74 Å². The molecule has 0 spiro atoms. The molecule has 4 rings (SSSR count). The first-order chi connectivity index (χ1) is 14.3. The van der Waals surface area contributed by atoms with Gasteiger partial charge in [0.2, 0.25) is 0 Å². The molecular formula is C23H23N5O. The van der Waals surface area contributed by atoms with Gasteiger partial charge in [-0.1, -0.05) is 24.3 Å². The number of rotatable bonds is 8. The molecule has 2 aromatic carbocycles. The number of benzene rings is 2. The molecule has 0 bridgehead atoms. The summed E-state index contributed by atoms with van der Waals surface area (Å²) < 4.78 is 7.57.